The zero-order valence-corrected chi connectivity index (χ0v) is 21.1. The summed E-state index contributed by atoms with van der Waals surface area (Å²) < 4.78 is 56.7. The average molecular weight is 495 g/mol. The lowest BCUT2D eigenvalue weighted by Gasteiger charge is -2.33. The Morgan fingerprint density at radius 1 is 1.03 bits per heavy atom. The van der Waals surface area contributed by atoms with Gasteiger partial charge in [-0.3, -0.25) is 0 Å². The van der Waals surface area contributed by atoms with Gasteiger partial charge >= 0.3 is 5.92 Å². The minimum atomic E-state index is -2.79. The number of ether oxygens (including phenoxy) is 2. The van der Waals surface area contributed by atoms with Gasteiger partial charge in [0.05, 0.1) is 12.8 Å². The first-order valence-corrected chi connectivity index (χ1v) is 13.4. The van der Waals surface area contributed by atoms with Crippen molar-refractivity contribution < 1.29 is 22.7 Å². The third-order valence-electron chi connectivity index (χ3n) is 6.90. The maximum absolute atomic E-state index is 15.7. The summed E-state index contributed by atoms with van der Waals surface area (Å²) in [6, 6.07) is 7.82. The van der Waals surface area contributed by atoms with Crippen LogP contribution in [0.25, 0.3) is 0 Å². The number of aliphatic imine (C=N–C) groups is 1. The van der Waals surface area contributed by atoms with Crippen LogP contribution < -0.4 is 0 Å². The quantitative estimate of drug-likeness (QED) is 0.132. The van der Waals surface area contributed by atoms with E-state index in [9.17, 15) is 4.39 Å². The molecule has 0 saturated heterocycles. The van der Waals surface area contributed by atoms with Crippen molar-refractivity contribution in [3.63, 3.8) is 0 Å². The fourth-order valence-electron chi connectivity index (χ4n) is 4.78. The second-order valence-corrected chi connectivity index (χ2v) is 9.77. The summed E-state index contributed by atoms with van der Waals surface area (Å²) in [7, 11) is 0. The van der Waals surface area contributed by atoms with Crippen LogP contribution in [0.3, 0.4) is 0 Å². The number of nitrogens with zero attached hydrogens (tertiary/aromatic N) is 2. The molecule has 0 amide bonds. The molecule has 2 unspecified atom stereocenters. The van der Waals surface area contributed by atoms with E-state index in [0.717, 1.165) is 57.1 Å². The third-order valence-corrected chi connectivity index (χ3v) is 6.90. The highest BCUT2D eigenvalue weighted by atomic mass is 19.2. The lowest BCUT2D eigenvalue weighted by molar-refractivity contribution is -0.176. The van der Waals surface area contributed by atoms with E-state index in [4.69, 9.17) is 9.47 Å². The predicted octanol–water partition coefficient (Wildman–Crippen LogP) is 8.30. The van der Waals surface area contributed by atoms with Gasteiger partial charge in [-0.25, -0.2) is 9.38 Å². The number of halogens is 3. The lowest BCUT2D eigenvalue weighted by atomic mass is 10.0. The highest BCUT2D eigenvalue weighted by Crippen LogP contribution is 2.39. The molecule has 1 aliphatic heterocycles. The highest BCUT2D eigenvalue weighted by Gasteiger charge is 2.46. The van der Waals surface area contributed by atoms with Crippen LogP contribution in [0.4, 0.5) is 13.3 Å². The van der Waals surface area contributed by atoms with E-state index in [0.29, 0.717) is 13.0 Å². The zero-order valence-electron chi connectivity index (χ0n) is 21.1. The predicted molar refractivity (Wildman–Crippen MR) is 134 cm³/mol. The van der Waals surface area contributed by atoms with Crippen LogP contribution >= 0.6 is 0 Å². The van der Waals surface area contributed by atoms with Gasteiger partial charge in [0.1, 0.15) is 12.8 Å². The number of alkyl halides is 2. The van der Waals surface area contributed by atoms with Gasteiger partial charge in [-0.05, 0) is 18.8 Å². The van der Waals surface area contributed by atoms with Crippen LogP contribution in [0.15, 0.2) is 47.0 Å². The number of hydrogen-bond donors (Lipinski definition) is 0. The molecule has 196 valence electrons. The number of allylic oxidation sites excluding steroid dienone is 1. The molecule has 4 nitrogen and oxygen atoms in total. The van der Waals surface area contributed by atoms with Gasteiger partial charge in [0.15, 0.2) is 5.76 Å². The zero-order chi connectivity index (χ0) is 24.9. The Hall–Kier alpha value is -2.18. The highest BCUT2D eigenvalue weighted by molar-refractivity contribution is 5.78. The minimum Gasteiger partial charge on any atom is -0.487 e. The molecule has 7 heteroatoms. The van der Waals surface area contributed by atoms with Gasteiger partial charge in [-0.1, -0.05) is 112 Å². The molecule has 3 rings (SSSR count). The van der Waals surface area contributed by atoms with Gasteiger partial charge in [0, 0.05) is 5.56 Å². The standard InChI is InChI=1S/C28H41F3N2O2/c1-2-3-4-10-19-25(29)22-35-27-26(34-20-13-6-7-14-23-15-11-12-16-23)21-32-28(30,33(27)31)24-17-8-5-9-18-24/h5,8-9,17-18,21,23,25H,2-4,6-7,10-16,19-20,22H2,1H3. The van der Waals surface area contributed by atoms with Gasteiger partial charge < -0.3 is 9.47 Å². The van der Waals surface area contributed by atoms with E-state index in [1.165, 1.54) is 44.2 Å². The molecule has 2 atom stereocenters. The van der Waals surface area contributed by atoms with Crippen molar-refractivity contribution in [2.24, 2.45) is 10.9 Å². The largest absolute Gasteiger partial charge is 0.487 e. The van der Waals surface area contributed by atoms with Crippen molar-refractivity contribution >= 4 is 6.21 Å². The SMILES string of the molecule is CCCCCCC(F)COC1=C(OCCCCCC2CCCC2)C=NC(F)(c2ccccc2)N1F. The molecular weight excluding hydrogens is 453 g/mol. The van der Waals surface area contributed by atoms with Gasteiger partial charge in [0.2, 0.25) is 0 Å². The topological polar surface area (TPSA) is 34.1 Å². The molecule has 1 fully saturated rings. The summed E-state index contributed by atoms with van der Waals surface area (Å²) in [4.78, 5) is 3.81. The second kappa shape index (κ2) is 14.4. The van der Waals surface area contributed by atoms with Crippen LogP contribution in [0.2, 0.25) is 0 Å². The van der Waals surface area contributed by atoms with E-state index in [2.05, 4.69) is 11.9 Å². The molecule has 1 aromatic rings. The van der Waals surface area contributed by atoms with E-state index in [-0.39, 0.29) is 23.1 Å². The van der Waals surface area contributed by atoms with E-state index in [1.54, 1.807) is 18.2 Å². The first-order chi connectivity index (χ1) is 17.0. The first-order valence-electron chi connectivity index (χ1n) is 13.4. The van der Waals surface area contributed by atoms with Crippen LogP contribution in [-0.4, -0.2) is 30.7 Å². The Morgan fingerprint density at radius 3 is 2.51 bits per heavy atom. The van der Waals surface area contributed by atoms with E-state index < -0.39 is 18.0 Å². The molecule has 1 saturated carbocycles. The summed E-state index contributed by atoms with van der Waals surface area (Å²) in [5.74, 6) is -2.41. The summed E-state index contributed by atoms with van der Waals surface area (Å²) in [5, 5.41) is -0.179. The molecule has 0 bridgehead atoms. The van der Waals surface area contributed by atoms with Crippen LogP contribution in [-0.2, 0) is 15.4 Å². The van der Waals surface area contributed by atoms with Crippen molar-refractivity contribution in [1.29, 1.82) is 0 Å². The molecular formula is C28H41F3N2O2. The molecule has 1 heterocycles. The fourth-order valence-corrected chi connectivity index (χ4v) is 4.78. The van der Waals surface area contributed by atoms with Crippen LogP contribution in [0.5, 0.6) is 0 Å². The number of unbranched alkanes of at least 4 members (excludes halogenated alkanes) is 5. The van der Waals surface area contributed by atoms with Crippen LogP contribution in [0, 0.1) is 5.92 Å². The Balaban J connectivity index is 1.58. The number of benzene rings is 1. The fraction of sp³-hybridized carbons (Fsp3) is 0.679. The molecule has 0 N–H and O–H groups in total. The molecule has 1 aliphatic carbocycles. The van der Waals surface area contributed by atoms with Crippen molar-refractivity contribution in [1.82, 2.24) is 5.12 Å². The van der Waals surface area contributed by atoms with E-state index >= 15 is 8.87 Å². The monoisotopic (exact) mass is 494 g/mol. The summed E-state index contributed by atoms with van der Waals surface area (Å²) in [6.45, 7) is 2.07. The van der Waals surface area contributed by atoms with Crippen LogP contribution in [0.1, 0.15) is 96.0 Å². The maximum atomic E-state index is 15.7. The number of rotatable bonds is 16. The Kier molecular flexibility index (Phi) is 11.3. The molecule has 35 heavy (non-hydrogen) atoms. The molecule has 0 radical (unpaired) electrons. The Bertz CT molecular complexity index is 799. The Labute approximate surface area is 208 Å². The number of hydrogen-bond acceptors (Lipinski definition) is 4. The smallest absolute Gasteiger partial charge is 0.333 e. The first kappa shape index (κ1) is 27.4. The maximum Gasteiger partial charge on any atom is 0.333 e. The minimum absolute atomic E-state index is 0.00863. The third kappa shape index (κ3) is 8.18. The lowest BCUT2D eigenvalue weighted by Crippen LogP contribution is -2.40. The molecule has 0 spiro atoms. The molecule has 0 aromatic heterocycles. The van der Waals surface area contributed by atoms with Crippen molar-refractivity contribution in [3.8, 4) is 0 Å². The van der Waals surface area contributed by atoms with Crippen molar-refractivity contribution in [2.45, 2.75) is 102 Å². The van der Waals surface area contributed by atoms with Crippen molar-refractivity contribution in [2.75, 3.05) is 13.2 Å². The van der Waals surface area contributed by atoms with Gasteiger partial charge in [0.25, 0.3) is 5.88 Å². The second-order valence-electron chi connectivity index (χ2n) is 9.77. The van der Waals surface area contributed by atoms with E-state index in [1.807, 2.05) is 0 Å². The van der Waals surface area contributed by atoms with Crippen molar-refractivity contribution in [3.05, 3.63) is 47.5 Å². The molecule has 1 aromatic carbocycles. The normalized spacial score (nSPS) is 21.5. The van der Waals surface area contributed by atoms with Gasteiger partial charge in [-0.15, -0.1) is 5.12 Å². The summed E-state index contributed by atoms with van der Waals surface area (Å²) >= 11 is 0. The Morgan fingerprint density at radius 2 is 1.77 bits per heavy atom. The van der Waals surface area contributed by atoms with Gasteiger partial charge in [-0.2, -0.15) is 4.39 Å². The molecule has 2 aliphatic rings. The summed E-state index contributed by atoms with van der Waals surface area (Å²) in [5.41, 5.74) is 0.0159. The summed E-state index contributed by atoms with van der Waals surface area (Å²) in [6.07, 6.45) is 13.6. The average Bonchev–Trinajstić information content (AvgIpc) is 3.40.